The van der Waals surface area contributed by atoms with E-state index in [0.717, 1.165) is 24.9 Å². The van der Waals surface area contributed by atoms with Gasteiger partial charge >= 0.3 is 0 Å². The summed E-state index contributed by atoms with van der Waals surface area (Å²) in [6.07, 6.45) is 4.17. The van der Waals surface area contributed by atoms with Crippen molar-refractivity contribution >= 4 is 11.6 Å². The van der Waals surface area contributed by atoms with Crippen molar-refractivity contribution in [3.63, 3.8) is 0 Å². The fraction of sp³-hybridized carbons (Fsp3) is 0.476. The number of likely N-dealkylation sites (tertiary alicyclic amines) is 1. The number of nitrogens with zero attached hydrogens (tertiary/aromatic N) is 4. The van der Waals surface area contributed by atoms with Crippen molar-refractivity contribution in [2.45, 2.75) is 37.8 Å². The fourth-order valence-corrected chi connectivity index (χ4v) is 4.16. The van der Waals surface area contributed by atoms with Crippen LogP contribution in [0.5, 0.6) is 0 Å². The number of anilines is 1. The van der Waals surface area contributed by atoms with Crippen LogP contribution in [0.3, 0.4) is 0 Å². The van der Waals surface area contributed by atoms with E-state index >= 15 is 0 Å². The van der Waals surface area contributed by atoms with Gasteiger partial charge in [-0.25, -0.2) is 14.4 Å². The Morgan fingerprint density at radius 3 is 2.64 bits per heavy atom. The molecule has 0 N–H and O–H groups in total. The quantitative estimate of drug-likeness (QED) is 0.815. The maximum atomic E-state index is 13.2. The minimum Gasteiger partial charge on any atom is -0.373 e. The SMILES string of the molecule is Cc1nccc(C(=O)N2CCC3(CC2)CC(N(C)c2ccc(F)cc2)CO3)n1. The number of piperidine rings is 1. The van der Waals surface area contributed by atoms with E-state index in [9.17, 15) is 9.18 Å². The van der Waals surface area contributed by atoms with Crippen LogP contribution in [0, 0.1) is 12.7 Å². The average molecular weight is 384 g/mol. The van der Waals surface area contributed by atoms with Crippen LogP contribution in [-0.2, 0) is 4.74 Å². The fourth-order valence-electron chi connectivity index (χ4n) is 4.16. The van der Waals surface area contributed by atoms with Gasteiger partial charge in [-0.15, -0.1) is 0 Å². The summed E-state index contributed by atoms with van der Waals surface area (Å²) in [7, 11) is 2.02. The van der Waals surface area contributed by atoms with E-state index in [2.05, 4.69) is 14.9 Å². The second-order valence-corrected chi connectivity index (χ2v) is 7.72. The van der Waals surface area contributed by atoms with Gasteiger partial charge in [0.25, 0.3) is 5.91 Å². The number of hydrogen-bond acceptors (Lipinski definition) is 5. The molecule has 2 fully saturated rings. The van der Waals surface area contributed by atoms with Crippen LogP contribution in [0.2, 0.25) is 0 Å². The maximum Gasteiger partial charge on any atom is 0.272 e. The zero-order valence-electron chi connectivity index (χ0n) is 16.3. The number of aryl methyl sites for hydroxylation is 1. The smallest absolute Gasteiger partial charge is 0.272 e. The first kappa shape index (κ1) is 18.8. The van der Waals surface area contributed by atoms with Crippen molar-refractivity contribution in [1.29, 1.82) is 0 Å². The highest BCUT2D eigenvalue weighted by molar-refractivity contribution is 5.92. The Hall–Kier alpha value is -2.54. The first-order valence-electron chi connectivity index (χ1n) is 9.67. The number of hydrogen-bond donors (Lipinski definition) is 0. The molecule has 2 saturated heterocycles. The van der Waals surface area contributed by atoms with Crippen molar-refractivity contribution in [2.75, 3.05) is 31.6 Å². The molecule has 1 spiro atoms. The molecule has 1 unspecified atom stereocenters. The topological polar surface area (TPSA) is 58.6 Å². The van der Waals surface area contributed by atoms with Gasteiger partial charge in [-0.2, -0.15) is 0 Å². The number of halogens is 1. The monoisotopic (exact) mass is 384 g/mol. The summed E-state index contributed by atoms with van der Waals surface area (Å²) in [6, 6.07) is 8.47. The number of likely N-dealkylation sites (N-methyl/N-ethyl adjacent to an activating group) is 1. The molecular formula is C21H25FN4O2. The first-order valence-corrected chi connectivity index (χ1v) is 9.67. The normalized spacial score (nSPS) is 21.1. The zero-order chi connectivity index (χ0) is 19.7. The molecule has 0 aliphatic carbocycles. The number of aromatic nitrogens is 2. The Bertz CT molecular complexity index is 850. The van der Waals surface area contributed by atoms with E-state index in [0.29, 0.717) is 31.2 Å². The van der Waals surface area contributed by atoms with E-state index in [-0.39, 0.29) is 23.4 Å². The highest BCUT2D eigenvalue weighted by Crippen LogP contribution is 2.38. The molecule has 4 rings (SSSR count). The van der Waals surface area contributed by atoms with Gasteiger partial charge in [0.15, 0.2) is 0 Å². The molecule has 2 aliphatic rings. The van der Waals surface area contributed by atoms with Crippen LogP contribution in [0.15, 0.2) is 36.5 Å². The van der Waals surface area contributed by atoms with Gasteiger partial charge in [0, 0.05) is 32.0 Å². The second-order valence-electron chi connectivity index (χ2n) is 7.72. The molecule has 28 heavy (non-hydrogen) atoms. The molecule has 1 atom stereocenters. The standard InChI is InChI=1S/C21H25FN4O2/c1-15-23-10-7-19(24-15)20(27)26-11-8-21(9-12-26)13-18(14-28-21)25(2)17-5-3-16(22)4-6-17/h3-7,10,18H,8-9,11-14H2,1-2H3. The summed E-state index contributed by atoms with van der Waals surface area (Å²) in [5.74, 6) is 0.329. The van der Waals surface area contributed by atoms with Crippen molar-refractivity contribution < 1.29 is 13.9 Å². The third-order valence-electron chi connectivity index (χ3n) is 5.93. The number of rotatable bonds is 3. The summed E-state index contributed by atoms with van der Waals surface area (Å²) >= 11 is 0. The molecule has 3 heterocycles. The summed E-state index contributed by atoms with van der Waals surface area (Å²) in [5.41, 5.74) is 1.25. The summed E-state index contributed by atoms with van der Waals surface area (Å²) < 4.78 is 19.4. The predicted octanol–water partition coefficient (Wildman–Crippen LogP) is 2.82. The van der Waals surface area contributed by atoms with Crippen LogP contribution >= 0.6 is 0 Å². The lowest BCUT2D eigenvalue weighted by Gasteiger charge is -2.39. The summed E-state index contributed by atoms with van der Waals surface area (Å²) in [4.78, 5) is 25.0. The lowest BCUT2D eigenvalue weighted by atomic mass is 9.87. The van der Waals surface area contributed by atoms with E-state index in [1.807, 2.05) is 11.9 Å². The van der Waals surface area contributed by atoms with Gasteiger partial charge in [-0.3, -0.25) is 4.79 Å². The first-order chi connectivity index (χ1) is 13.5. The molecule has 0 bridgehead atoms. The Kier molecular flexibility index (Phi) is 5.02. The van der Waals surface area contributed by atoms with Gasteiger partial charge in [0.2, 0.25) is 0 Å². The van der Waals surface area contributed by atoms with Crippen LogP contribution in [0.1, 0.15) is 35.6 Å². The minimum atomic E-state index is -0.229. The maximum absolute atomic E-state index is 13.2. The number of ether oxygens (including phenoxy) is 1. The van der Waals surface area contributed by atoms with Gasteiger partial charge in [-0.05, 0) is 56.5 Å². The zero-order valence-corrected chi connectivity index (χ0v) is 16.3. The molecule has 2 aliphatic heterocycles. The lowest BCUT2D eigenvalue weighted by molar-refractivity contribution is -0.0389. The van der Waals surface area contributed by atoms with E-state index in [1.165, 1.54) is 12.1 Å². The van der Waals surface area contributed by atoms with Crippen molar-refractivity contribution in [3.05, 3.63) is 53.9 Å². The van der Waals surface area contributed by atoms with E-state index < -0.39 is 0 Å². The Labute approximate surface area is 164 Å². The van der Waals surface area contributed by atoms with Gasteiger partial charge < -0.3 is 14.5 Å². The number of carbonyl (C=O) groups is 1. The van der Waals surface area contributed by atoms with Crippen LogP contribution in [0.4, 0.5) is 10.1 Å². The molecule has 1 aromatic heterocycles. The lowest BCUT2D eigenvalue weighted by Crippen LogP contribution is -2.47. The third kappa shape index (κ3) is 3.71. The molecule has 1 amide bonds. The molecule has 0 radical (unpaired) electrons. The minimum absolute atomic E-state index is 0.0432. The Morgan fingerprint density at radius 1 is 1.25 bits per heavy atom. The van der Waals surface area contributed by atoms with Gasteiger partial charge in [0.05, 0.1) is 18.2 Å². The van der Waals surface area contributed by atoms with Gasteiger partial charge in [-0.1, -0.05) is 0 Å². The van der Waals surface area contributed by atoms with Crippen molar-refractivity contribution in [3.8, 4) is 0 Å². The molecule has 0 saturated carbocycles. The molecule has 7 heteroatoms. The van der Waals surface area contributed by atoms with Crippen LogP contribution in [0.25, 0.3) is 0 Å². The second kappa shape index (κ2) is 7.47. The molecular weight excluding hydrogens is 359 g/mol. The predicted molar refractivity (Wildman–Crippen MR) is 104 cm³/mol. The number of benzene rings is 1. The molecule has 6 nitrogen and oxygen atoms in total. The highest BCUT2D eigenvalue weighted by atomic mass is 19.1. The van der Waals surface area contributed by atoms with Gasteiger partial charge in [0.1, 0.15) is 17.3 Å². The molecule has 1 aromatic carbocycles. The summed E-state index contributed by atoms with van der Waals surface area (Å²) in [6.45, 7) is 3.75. The van der Waals surface area contributed by atoms with Crippen molar-refractivity contribution in [1.82, 2.24) is 14.9 Å². The highest BCUT2D eigenvalue weighted by Gasteiger charge is 2.44. The van der Waals surface area contributed by atoms with E-state index in [1.54, 1.807) is 31.3 Å². The largest absolute Gasteiger partial charge is 0.373 e. The number of carbonyl (C=O) groups excluding carboxylic acids is 1. The van der Waals surface area contributed by atoms with Crippen LogP contribution < -0.4 is 4.90 Å². The molecule has 148 valence electrons. The average Bonchev–Trinajstić information content (AvgIpc) is 3.12. The Balaban J connectivity index is 1.37. The number of amides is 1. The Morgan fingerprint density at radius 2 is 1.96 bits per heavy atom. The van der Waals surface area contributed by atoms with E-state index in [4.69, 9.17) is 4.74 Å². The molecule has 2 aromatic rings. The van der Waals surface area contributed by atoms with Crippen LogP contribution in [-0.4, -0.2) is 59.2 Å². The summed E-state index contributed by atoms with van der Waals surface area (Å²) in [5, 5.41) is 0. The third-order valence-corrected chi connectivity index (χ3v) is 5.93. The van der Waals surface area contributed by atoms with Crippen molar-refractivity contribution in [2.24, 2.45) is 0 Å².